The number of hydrogen-bond acceptors (Lipinski definition) is 4. The number of aromatic nitrogens is 2. The summed E-state index contributed by atoms with van der Waals surface area (Å²) in [5.41, 5.74) is 3.82. The van der Waals surface area contributed by atoms with Gasteiger partial charge in [-0.05, 0) is 81.0 Å². The van der Waals surface area contributed by atoms with Crippen LogP contribution in [0.2, 0.25) is 0 Å². The number of fused-ring (bicyclic) bond motifs is 1. The number of hydrogen-bond donors (Lipinski definition) is 1. The van der Waals surface area contributed by atoms with E-state index in [1.165, 1.54) is 28.9 Å². The Morgan fingerprint density at radius 1 is 1.06 bits per heavy atom. The second kappa shape index (κ2) is 8.26. The highest BCUT2D eigenvalue weighted by atomic mass is 32.2. The van der Waals surface area contributed by atoms with E-state index in [9.17, 15) is 17.6 Å². The molecule has 0 atom stereocenters. The minimum atomic E-state index is -3.90. The van der Waals surface area contributed by atoms with E-state index in [1.807, 2.05) is 13.0 Å². The molecule has 0 fully saturated rings. The molecule has 2 aromatic carbocycles. The van der Waals surface area contributed by atoms with E-state index < -0.39 is 15.8 Å². The Morgan fingerprint density at radius 3 is 2.42 bits per heavy atom. The zero-order valence-corrected chi connectivity index (χ0v) is 18.3. The van der Waals surface area contributed by atoms with Gasteiger partial charge < -0.3 is 0 Å². The molecule has 0 bridgehead atoms. The van der Waals surface area contributed by atoms with Crippen molar-refractivity contribution in [1.29, 1.82) is 0 Å². The van der Waals surface area contributed by atoms with Crippen LogP contribution in [-0.4, -0.2) is 18.2 Å². The van der Waals surface area contributed by atoms with Gasteiger partial charge >= 0.3 is 0 Å². The van der Waals surface area contributed by atoms with Gasteiger partial charge in [0.1, 0.15) is 5.82 Å². The fourth-order valence-corrected chi connectivity index (χ4v) is 5.33. The second-order valence-electron chi connectivity index (χ2n) is 7.73. The normalized spacial score (nSPS) is 13.6. The molecule has 0 aliphatic heterocycles. The Morgan fingerprint density at radius 2 is 1.74 bits per heavy atom. The molecule has 1 aliphatic rings. The average molecular weight is 442 g/mol. The van der Waals surface area contributed by atoms with E-state index in [2.05, 4.69) is 9.82 Å². The first kappa shape index (κ1) is 21.2. The first-order valence-corrected chi connectivity index (χ1v) is 11.8. The number of anilines is 1. The number of rotatable bonds is 5. The molecule has 0 unspecified atom stereocenters. The SMILES string of the molecule is CCn1nc(-c2ccc(C)c(S(=O)(=O)Nc3ccc(F)cc3)c2)c2c(c1=O)CCCC2. The fourth-order valence-electron chi connectivity index (χ4n) is 4.00. The molecule has 1 aliphatic carbocycles. The topological polar surface area (TPSA) is 81.1 Å². The van der Waals surface area contributed by atoms with Gasteiger partial charge in [0.15, 0.2) is 0 Å². The minimum Gasteiger partial charge on any atom is -0.280 e. The highest BCUT2D eigenvalue weighted by molar-refractivity contribution is 7.92. The van der Waals surface area contributed by atoms with Crippen molar-refractivity contribution in [1.82, 2.24) is 9.78 Å². The van der Waals surface area contributed by atoms with Gasteiger partial charge in [-0.1, -0.05) is 12.1 Å². The van der Waals surface area contributed by atoms with Crippen LogP contribution >= 0.6 is 0 Å². The quantitative estimate of drug-likeness (QED) is 0.648. The third kappa shape index (κ3) is 4.12. The van der Waals surface area contributed by atoms with Crippen molar-refractivity contribution < 1.29 is 12.8 Å². The highest BCUT2D eigenvalue weighted by Crippen LogP contribution is 2.31. The van der Waals surface area contributed by atoms with Crippen molar-refractivity contribution in [2.24, 2.45) is 0 Å². The summed E-state index contributed by atoms with van der Waals surface area (Å²) < 4.78 is 43.3. The monoisotopic (exact) mass is 441 g/mol. The van der Waals surface area contributed by atoms with Crippen LogP contribution in [0.15, 0.2) is 52.2 Å². The van der Waals surface area contributed by atoms with E-state index in [4.69, 9.17) is 0 Å². The summed E-state index contributed by atoms with van der Waals surface area (Å²) in [6.45, 7) is 4.03. The summed E-state index contributed by atoms with van der Waals surface area (Å²) in [6.07, 6.45) is 3.40. The molecule has 0 radical (unpaired) electrons. The maximum absolute atomic E-state index is 13.2. The van der Waals surface area contributed by atoms with Crippen molar-refractivity contribution in [3.05, 3.63) is 75.3 Å². The van der Waals surface area contributed by atoms with Gasteiger partial charge in [-0.2, -0.15) is 5.10 Å². The van der Waals surface area contributed by atoms with Crippen LogP contribution in [0.1, 0.15) is 36.5 Å². The molecule has 162 valence electrons. The van der Waals surface area contributed by atoms with Gasteiger partial charge in [0.05, 0.1) is 10.6 Å². The summed E-state index contributed by atoms with van der Waals surface area (Å²) in [7, 11) is -3.90. The van der Waals surface area contributed by atoms with E-state index in [0.29, 0.717) is 29.8 Å². The Bertz CT molecular complexity index is 1300. The molecule has 0 spiro atoms. The van der Waals surface area contributed by atoms with E-state index in [-0.39, 0.29) is 16.1 Å². The number of benzene rings is 2. The van der Waals surface area contributed by atoms with Gasteiger partial charge in [0.2, 0.25) is 0 Å². The van der Waals surface area contributed by atoms with E-state index >= 15 is 0 Å². The predicted octanol–water partition coefficient (Wildman–Crippen LogP) is 4.06. The van der Waals surface area contributed by atoms with Crippen molar-refractivity contribution in [2.75, 3.05) is 4.72 Å². The van der Waals surface area contributed by atoms with Crippen LogP contribution < -0.4 is 10.3 Å². The number of sulfonamides is 1. The van der Waals surface area contributed by atoms with Crippen LogP contribution in [0.5, 0.6) is 0 Å². The lowest BCUT2D eigenvalue weighted by Gasteiger charge is -2.20. The van der Waals surface area contributed by atoms with Gasteiger partial charge in [0.25, 0.3) is 15.6 Å². The lowest BCUT2D eigenvalue weighted by Crippen LogP contribution is -2.30. The van der Waals surface area contributed by atoms with Gasteiger partial charge in [0, 0.05) is 23.4 Å². The standard InChI is InChI=1S/C23H24FN3O3S/c1-3-27-23(28)20-7-5-4-6-19(20)22(25-27)16-9-8-15(2)21(14-16)31(29,30)26-18-12-10-17(24)11-13-18/h8-14,26H,3-7H2,1-2H3. The largest absolute Gasteiger partial charge is 0.280 e. The fraction of sp³-hybridized carbons (Fsp3) is 0.304. The maximum atomic E-state index is 13.2. The third-order valence-corrected chi connectivity index (χ3v) is 7.14. The highest BCUT2D eigenvalue weighted by Gasteiger charge is 2.23. The lowest BCUT2D eigenvalue weighted by atomic mass is 9.89. The van der Waals surface area contributed by atoms with Crippen molar-refractivity contribution in [2.45, 2.75) is 51.0 Å². The Balaban J connectivity index is 1.82. The zero-order valence-electron chi connectivity index (χ0n) is 17.5. The minimum absolute atomic E-state index is 0.0566. The van der Waals surface area contributed by atoms with Crippen molar-refractivity contribution >= 4 is 15.7 Å². The molecule has 4 rings (SSSR count). The first-order chi connectivity index (χ1) is 14.8. The van der Waals surface area contributed by atoms with Crippen molar-refractivity contribution in [3.63, 3.8) is 0 Å². The number of halogens is 1. The van der Waals surface area contributed by atoms with Gasteiger partial charge in [-0.3, -0.25) is 9.52 Å². The second-order valence-corrected chi connectivity index (χ2v) is 9.38. The molecule has 0 amide bonds. The summed E-state index contributed by atoms with van der Waals surface area (Å²) in [5.74, 6) is -0.442. The number of nitrogens with one attached hydrogen (secondary N) is 1. The molecule has 1 aromatic heterocycles. The molecule has 3 aromatic rings. The molecule has 31 heavy (non-hydrogen) atoms. The van der Waals surface area contributed by atoms with Crippen molar-refractivity contribution in [3.8, 4) is 11.3 Å². The average Bonchev–Trinajstić information content (AvgIpc) is 2.76. The predicted molar refractivity (Wildman–Crippen MR) is 118 cm³/mol. The van der Waals surface area contributed by atoms with Crippen LogP contribution in [0, 0.1) is 12.7 Å². The summed E-state index contributed by atoms with van der Waals surface area (Å²) >= 11 is 0. The molecule has 1 heterocycles. The van der Waals surface area contributed by atoms with Crippen LogP contribution in [-0.2, 0) is 29.4 Å². The number of aryl methyl sites for hydroxylation is 2. The smallest absolute Gasteiger partial charge is 0.270 e. The zero-order chi connectivity index (χ0) is 22.2. The van der Waals surface area contributed by atoms with E-state index in [1.54, 1.807) is 19.1 Å². The lowest BCUT2D eigenvalue weighted by molar-refractivity contribution is 0.581. The first-order valence-electron chi connectivity index (χ1n) is 10.3. The molecule has 8 heteroatoms. The Hall–Kier alpha value is -3.00. The summed E-state index contributed by atoms with van der Waals surface area (Å²) in [4.78, 5) is 12.8. The summed E-state index contributed by atoms with van der Waals surface area (Å²) in [5, 5.41) is 4.57. The van der Waals surface area contributed by atoms with Crippen LogP contribution in [0.25, 0.3) is 11.3 Å². The number of nitrogens with zero attached hydrogens (tertiary/aromatic N) is 2. The Kier molecular flexibility index (Phi) is 5.66. The molecular formula is C23H24FN3O3S. The molecule has 0 saturated carbocycles. The van der Waals surface area contributed by atoms with Gasteiger partial charge in [-0.15, -0.1) is 0 Å². The molecule has 6 nitrogen and oxygen atoms in total. The Labute approximate surface area is 180 Å². The van der Waals surface area contributed by atoms with Crippen LogP contribution in [0.4, 0.5) is 10.1 Å². The molecular weight excluding hydrogens is 417 g/mol. The van der Waals surface area contributed by atoms with Crippen LogP contribution in [0.3, 0.4) is 0 Å². The van der Waals surface area contributed by atoms with E-state index in [0.717, 1.165) is 30.4 Å². The molecule has 0 saturated heterocycles. The molecule has 1 N–H and O–H groups in total. The third-order valence-electron chi connectivity index (χ3n) is 5.61. The maximum Gasteiger partial charge on any atom is 0.270 e. The summed E-state index contributed by atoms with van der Waals surface area (Å²) in [6, 6.07) is 10.3. The van der Waals surface area contributed by atoms with Gasteiger partial charge in [-0.25, -0.2) is 17.5 Å².